The SMILES string of the molecule is Cn1c(-c2ccco2)nc2ccc(C(N)=O)cc21. The van der Waals surface area contributed by atoms with Crippen molar-refractivity contribution in [1.82, 2.24) is 9.55 Å². The molecule has 0 atom stereocenters. The maximum absolute atomic E-state index is 11.2. The van der Waals surface area contributed by atoms with Crippen molar-refractivity contribution in [1.29, 1.82) is 0 Å². The molecule has 1 amide bonds. The van der Waals surface area contributed by atoms with Gasteiger partial charge >= 0.3 is 0 Å². The molecule has 0 spiro atoms. The van der Waals surface area contributed by atoms with Crippen LogP contribution in [0.25, 0.3) is 22.6 Å². The Labute approximate surface area is 103 Å². The number of primary amides is 1. The van der Waals surface area contributed by atoms with Gasteiger partial charge in [0.25, 0.3) is 0 Å². The quantitative estimate of drug-likeness (QED) is 0.745. The van der Waals surface area contributed by atoms with E-state index in [1.165, 1.54) is 0 Å². The predicted molar refractivity (Wildman–Crippen MR) is 66.9 cm³/mol. The average molecular weight is 241 g/mol. The fourth-order valence-electron chi connectivity index (χ4n) is 1.97. The normalized spacial score (nSPS) is 10.9. The summed E-state index contributed by atoms with van der Waals surface area (Å²) in [6.45, 7) is 0. The van der Waals surface area contributed by atoms with Crippen molar-refractivity contribution in [2.24, 2.45) is 12.8 Å². The van der Waals surface area contributed by atoms with Crippen molar-refractivity contribution in [2.45, 2.75) is 0 Å². The minimum absolute atomic E-state index is 0.447. The monoisotopic (exact) mass is 241 g/mol. The highest BCUT2D eigenvalue weighted by Gasteiger charge is 2.13. The number of nitrogens with two attached hydrogens (primary N) is 1. The summed E-state index contributed by atoms with van der Waals surface area (Å²) in [5.41, 5.74) is 7.38. The second-order valence-electron chi connectivity index (χ2n) is 4.04. The summed E-state index contributed by atoms with van der Waals surface area (Å²) in [7, 11) is 1.87. The summed E-state index contributed by atoms with van der Waals surface area (Å²) >= 11 is 0. The van der Waals surface area contributed by atoms with Gasteiger partial charge in [-0.25, -0.2) is 4.98 Å². The van der Waals surface area contributed by atoms with Crippen LogP contribution in [0.2, 0.25) is 0 Å². The van der Waals surface area contributed by atoms with E-state index in [0.29, 0.717) is 11.3 Å². The van der Waals surface area contributed by atoms with Crippen LogP contribution in [0.4, 0.5) is 0 Å². The number of carbonyl (C=O) groups excluding carboxylic acids is 1. The van der Waals surface area contributed by atoms with E-state index in [1.807, 2.05) is 23.7 Å². The van der Waals surface area contributed by atoms with E-state index in [1.54, 1.807) is 24.5 Å². The van der Waals surface area contributed by atoms with Crippen LogP contribution in [0.15, 0.2) is 41.0 Å². The Morgan fingerprint density at radius 1 is 1.39 bits per heavy atom. The van der Waals surface area contributed by atoms with Crippen molar-refractivity contribution in [3.8, 4) is 11.6 Å². The zero-order chi connectivity index (χ0) is 12.7. The Kier molecular flexibility index (Phi) is 2.19. The zero-order valence-electron chi connectivity index (χ0n) is 9.75. The van der Waals surface area contributed by atoms with E-state index in [9.17, 15) is 4.79 Å². The molecule has 0 fully saturated rings. The molecule has 5 nitrogen and oxygen atoms in total. The fourth-order valence-corrected chi connectivity index (χ4v) is 1.97. The maximum Gasteiger partial charge on any atom is 0.248 e. The first kappa shape index (κ1) is 10.6. The molecule has 1 aromatic carbocycles. The number of benzene rings is 1. The number of imidazole rings is 1. The van der Waals surface area contributed by atoms with Gasteiger partial charge in [0, 0.05) is 12.6 Å². The Morgan fingerprint density at radius 3 is 2.89 bits per heavy atom. The second-order valence-corrected chi connectivity index (χ2v) is 4.04. The summed E-state index contributed by atoms with van der Waals surface area (Å²) in [6, 6.07) is 8.84. The van der Waals surface area contributed by atoms with Gasteiger partial charge in [-0.05, 0) is 30.3 Å². The van der Waals surface area contributed by atoms with Gasteiger partial charge in [0.05, 0.1) is 17.3 Å². The van der Waals surface area contributed by atoms with E-state index in [4.69, 9.17) is 10.2 Å². The van der Waals surface area contributed by atoms with Crippen molar-refractivity contribution in [3.63, 3.8) is 0 Å². The summed E-state index contributed by atoms with van der Waals surface area (Å²) < 4.78 is 7.21. The Balaban J connectivity index is 2.25. The number of hydrogen-bond donors (Lipinski definition) is 1. The zero-order valence-corrected chi connectivity index (χ0v) is 9.75. The summed E-state index contributed by atoms with van der Waals surface area (Å²) in [4.78, 5) is 15.6. The highest BCUT2D eigenvalue weighted by molar-refractivity contribution is 5.96. The molecule has 3 rings (SSSR count). The van der Waals surface area contributed by atoms with Crippen LogP contribution in [0, 0.1) is 0 Å². The topological polar surface area (TPSA) is 74.1 Å². The summed E-state index contributed by atoms with van der Waals surface area (Å²) in [6.07, 6.45) is 1.60. The Morgan fingerprint density at radius 2 is 2.22 bits per heavy atom. The van der Waals surface area contributed by atoms with Crippen LogP contribution in [-0.4, -0.2) is 15.5 Å². The van der Waals surface area contributed by atoms with Crippen LogP contribution < -0.4 is 5.73 Å². The van der Waals surface area contributed by atoms with Gasteiger partial charge in [-0.1, -0.05) is 0 Å². The van der Waals surface area contributed by atoms with Crippen molar-refractivity contribution in [2.75, 3.05) is 0 Å². The Bertz CT molecular complexity index is 726. The molecule has 5 heteroatoms. The molecule has 0 radical (unpaired) electrons. The molecule has 90 valence electrons. The highest BCUT2D eigenvalue weighted by atomic mass is 16.3. The van der Waals surface area contributed by atoms with Crippen LogP contribution in [-0.2, 0) is 7.05 Å². The standard InChI is InChI=1S/C13H11N3O2/c1-16-10-7-8(12(14)17)4-5-9(10)15-13(16)11-3-2-6-18-11/h2-7H,1H3,(H2,14,17). The molecule has 0 unspecified atom stereocenters. The van der Waals surface area contributed by atoms with Crippen molar-refractivity contribution < 1.29 is 9.21 Å². The number of amides is 1. The van der Waals surface area contributed by atoms with Gasteiger partial charge in [0.15, 0.2) is 11.6 Å². The molecule has 18 heavy (non-hydrogen) atoms. The first-order chi connectivity index (χ1) is 8.66. The molecule has 3 aromatic rings. The minimum atomic E-state index is -0.447. The van der Waals surface area contributed by atoms with Gasteiger partial charge in [-0.15, -0.1) is 0 Å². The summed E-state index contributed by atoms with van der Waals surface area (Å²) in [5, 5.41) is 0. The molecule has 0 saturated carbocycles. The van der Waals surface area contributed by atoms with Gasteiger partial charge in [0.1, 0.15) is 0 Å². The van der Waals surface area contributed by atoms with Gasteiger partial charge in [-0.2, -0.15) is 0 Å². The van der Waals surface area contributed by atoms with E-state index in [2.05, 4.69) is 4.98 Å². The molecule has 0 aliphatic rings. The molecule has 0 aliphatic carbocycles. The summed E-state index contributed by atoms with van der Waals surface area (Å²) in [5.74, 6) is 0.962. The lowest BCUT2D eigenvalue weighted by Crippen LogP contribution is -2.10. The number of aryl methyl sites for hydroxylation is 1. The maximum atomic E-state index is 11.2. The minimum Gasteiger partial charge on any atom is -0.461 e. The number of rotatable bonds is 2. The number of nitrogens with zero attached hydrogens (tertiary/aromatic N) is 2. The number of carbonyl (C=O) groups is 1. The first-order valence-corrected chi connectivity index (χ1v) is 5.47. The average Bonchev–Trinajstić information content (AvgIpc) is 2.97. The van der Waals surface area contributed by atoms with Crippen LogP contribution in [0.3, 0.4) is 0 Å². The molecule has 2 aromatic heterocycles. The second kappa shape index (κ2) is 3.73. The number of aromatic nitrogens is 2. The molecule has 2 N–H and O–H groups in total. The predicted octanol–water partition coefficient (Wildman–Crippen LogP) is 1.93. The van der Waals surface area contributed by atoms with E-state index in [-0.39, 0.29) is 0 Å². The number of hydrogen-bond acceptors (Lipinski definition) is 3. The van der Waals surface area contributed by atoms with E-state index < -0.39 is 5.91 Å². The lowest BCUT2D eigenvalue weighted by Gasteiger charge is -1.99. The third-order valence-corrected chi connectivity index (χ3v) is 2.91. The molecule has 0 bridgehead atoms. The lowest BCUT2D eigenvalue weighted by molar-refractivity contribution is 0.100. The molecule has 0 aliphatic heterocycles. The number of fused-ring (bicyclic) bond motifs is 1. The highest BCUT2D eigenvalue weighted by Crippen LogP contribution is 2.24. The van der Waals surface area contributed by atoms with Crippen LogP contribution >= 0.6 is 0 Å². The molecular formula is C13H11N3O2. The van der Waals surface area contributed by atoms with Crippen molar-refractivity contribution >= 4 is 16.9 Å². The molecule has 0 saturated heterocycles. The van der Waals surface area contributed by atoms with Crippen LogP contribution in [0.1, 0.15) is 10.4 Å². The third kappa shape index (κ3) is 1.48. The van der Waals surface area contributed by atoms with E-state index in [0.717, 1.165) is 16.9 Å². The lowest BCUT2D eigenvalue weighted by atomic mass is 10.2. The Hall–Kier alpha value is -2.56. The van der Waals surface area contributed by atoms with Gasteiger partial charge in [0.2, 0.25) is 5.91 Å². The van der Waals surface area contributed by atoms with Gasteiger partial charge in [-0.3, -0.25) is 4.79 Å². The fraction of sp³-hybridized carbons (Fsp3) is 0.0769. The largest absolute Gasteiger partial charge is 0.461 e. The van der Waals surface area contributed by atoms with Crippen molar-refractivity contribution in [3.05, 3.63) is 42.2 Å². The van der Waals surface area contributed by atoms with Gasteiger partial charge < -0.3 is 14.7 Å². The smallest absolute Gasteiger partial charge is 0.248 e. The van der Waals surface area contributed by atoms with Crippen LogP contribution in [0.5, 0.6) is 0 Å². The van der Waals surface area contributed by atoms with E-state index >= 15 is 0 Å². The molecule has 2 heterocycles. The molecular weight excluding hydrogens is 230 g/mol. The number of furan rings is 1. The third-order valence-electron chi connectivity index (χ3n) is 2.91. The first-order valence-electron chi connectivity index (χ1n) is 5.47.